The molecule has 1 N–H and O–H groups in total. The van der Waals surface area contributed by atoms with E-state index in [2.05, 4.69) is 5.32 Å². The van der Waals surface area contributed by atoms with Gasteiger partial charge in [-0.25, -0.2) is 4.39 Å². The van der Waals surface area contributed by atoms with Crippen molar-refractivity contribution in [3.63, 3.8) is 0 Å². The number of para-hydroxylation sites is 2. The van der Waals surface area contributed by atoms with Gasteiger partial charge in [0.25, 0.3) is 5.69 Å². The Balaban J connectivity index is 2.09. The standard InChI is InChI=1S/C15H13FN2O3S/c1-10(22-14-9-5-2-6-11(14)16)15(19)17-12-7-3-4-8-13(12)18(20)21/h2-10H,1H3,(H,17,19). The van der Waals surface area contributed by atoms with Gasteiger partial charge in [-0.2, -0.15) is 0 Å². The van der Waals surface area contributed by atoms with E-state index in [1.54, 1.807) is 31.2 Å². The van der Waals surface area contributed by atoms with Crippen LogP contribution in [-0.4, -0.2) is 16.1 Å². The number of rotatable bonds is 5. The third-order valence-corrected chi connectivity index (χ3v) is 4.02. The lowest BCUT2D eigenvalue weighted by Crippen LogP contribution is -2.23. The Morgan fingerprint density at radius 1 is 1.23 bits per heavy atom. The molecule has 7 heteroatoms. The first-order chi connectivity index (χ1) is 10.5. The van der Waals surface area contributed by atoms with Gasteiger partial charge >= 0.3 is 0 Å². The van der Waals surface area contributed by atoms with Crippen LogP contribution < -0.4 is 5.32 Å². The van der Waals surface area contributed by atoms with E-state index in [0.717, 1.165) is 11.8 Å². The number of nitrogens with zero attached hydrogens (tertiary/aromatic N) is 1. The Labute approximate surface area is 130 Å². The van der Waals surface area contributed by atoms with Crippen LogP contribution in [0.5, 0.6) is 0 Å². The number of carbonyl (C=O) groups is 1. The van der Waals surface area contributed by atoms with E-state index in [1.807, 2.05) is 0 Å². The van der Waals surface area contributed by atoms with Gasteiger partial charge in [-0.05, 0) is 25.1 Å². The van der Waals surface area contributed by atoms with Crippen LogP contribution >= 0.6 is 11.8 Å². The van der Waals surface area contributed by atoms with E-state index in [9.17, 15) is 19.3 Å². The van der Waals surface area contributed by atoms with Crippen LogP contribution in [0.15, 0.2) is 53.4 Å². The molecule has 1 unspecified atom stereocenters. The van der Waals surface area contributed by atoms with Crippen molar-refractivity contribution in [3.05, 3.63) is 64.5 Å². The lowest BCUT2D eigenvalue weighted by atomic mass is 10.2. The number of hydrogen-bond donors (Lipinski definition) is 1. The minimum absolute atomic E-state index is 0.124. The predicted octanol–water partition coefficient (Wildman–Crippen LogP) is 3.85. The molecule has 5 nitrogen and oxygen atoms in total. The van der Waals surface area contributed by atoms with E-state index < -0.39 is 21.9 Å². The molecule has 0 bridgehead atoms. The molecule has 0 fully saturated rings. The molecule has 0 aliphatic carbocycles. The van der Waals surface area contributed by atoms with Crippen molar-refractivity contribution >= 4 is 29.0 Å². The number of carbonyl (C=O) groups excluding carboxylic acids is 1. The highest BCUT2D eigenvalue weighted by Gasteiger charge is 2.20. The minimum Gasteiger partial charge on any atom is -0.319 e. The van der Waals surface area contributed by atoms with Crippen molar-refractivity contribution in [1.82, 2.24) is 0 Å². The molecule has 0 saturated carbocycles. The number of benzene rings is 2. The summed E-state index contributed by atoms with van der Waals surface area (Å²) in [6, 6.07) is 12.0. The maximum atomic E-state index is 13.6. The zero-order chi connectivity index (χ0) is 16.1. The summed E-state index contributed by atoms with van der Waals surface area (Å²) in [6.45, 7) is 1.61. The second-order valence-electron chi connectivity index (χ2n) is 4.45. The highest BCUT2D eigenvalue weighted by molar-refractivity contribution is 8.00. The number of anilines is 1. The maximum Gasteiger partial charge on any atom is 0.292 e. The molecular formula is C15H13FN2O3S. The summed E-state index contributed by atoms with van der Waals surface area (Å²) >= 11 is 1.05. The van der Waals surface area contributed by atoms with E-state index in [4.69, 9.17) is 0 Å². The molecule has 22 heavy (non-hydrogen) atoms. The third-order valence-electron chi connectivity index (χ3n) is 2.87. The molecular weight excluding hydrogens is 307 g/mol. The van der Waals surface area contributed by atoms with Crippen molar-refractivity contribution in [3.8, 4) is 0 Å². The van der Waals surface area contributed by atoms with Gasteiger partial charge < -0.3 is 5.32 Å². The Bertz CT molecular complexity index is 709. The van der Waals surface area contributed by atoms with Crippen molar-refractivity contribution in [2.24, 2.45) is 0 Å². The fourth-order valence-corrected chi connectivity index (χ4v) is 2.64. The van der Waals surface area contributed by atoms with Crippen molar-refractivity contribution in [2.45, 2.75) is 17.1 Å². The average molecular weight is 320 g/mol. The Kier molecular flexibility index (Phi) is 5.11. The van der Waals surface area contributed by atoms with Crippen LogP contribution in [0.3, 0.4) is 0 Å². The molecule has 1 atom stereocenters. The average Bonchev–Trinajstić information content (AvgIpc) is 2.49. The first-order valence-electron chi connectivity index (χ1n) is 6.44. The number of thioether (sulfide) groups is 1. The SMILES string of the molecule is CC(Sc1ccccc1F)C(=O)Nc1ccccc1[N+](=O)[O-]. The van der Waals surface area contributed by atoms with Crippen LogP contribution in [0.2, 0.25) is 0 Å². The molecule has 0 aliphatic heterocycles. The van der Waals surface area contributed by atoms with Gasteiger partial charge in [0, 0.05) is 11.0 Å². The molecule has 0 radical (unpaired) electrons. The van der Waals surface area contributed by atoms with E-state index in [-0.39, 0.29) is 11.4 Å². The Morgan fingerprint density at radius 3 is 2.55 bits per heavy atom. The van der Waals surface area contributed by atoms with Crippen molar-refractivity contribution < 1.29 is 14.1 Å². The number of nitro benzene ring substituents is 1. The zero-order valence-corrected chi connectivity index (χ0v) is 12.5. The summed E-state index contributed by atoms with van der Waals surface area (Å²) in [4.78, 5) is 22.8. The smallest absolute Gasteiger partial charge is 0.292 e. The molecule has 0 heterocycles. The highest BCUT2D eigenvalue weighted by atomic mass is 32.2. The van der Waals surface area contributed by atoms with Gasteiger partial charge in [0.2, 0.25) is 5.91 Å². The largest absolute Gasteiger partial charge is 0.319 e. The van der Waals surface area contributed by atoms with Crippen LogP contribution in [0, 0.1) is 15.9 Å². The summed E-state index contributed by atoms with van der Waals surface area (Å²) in [5.74, 6) is -0.833. The fourth-order valence-electron chi connectivity index (χ4n) is 1.76. The molecule has 0 aromatic heterocycles. The summed E-state index contributed by atoms with van der Waals surface area (Å²) in [5, 5.41) is 12.8. The van der Waals surface area contributed by atoms with E-state index in [1.165, 1.54) is 24.3 Å². The van der Waals surface area contributed by atoms with Crippen molar-refractivity contribution in [2.75, 3.05) is 5.32 Å². The lowest BCUT2D eigenvalue weighted by Gasteiger charge is -2.12. The van der Waals surface area contributed by atoms with Gasteiger partial charge in [-0.15, -0.1) is 11.8 Å². The monoisotopic (exact) mass is 320 g/mol. The number of nitrogens with one attached hydrogen (secondary N) is 1. The van der Waals surface area contributed by atoms with E-state index >= 15 is 0 Å². The molecule has 2 aromatic rings. The van der Waals surface area contributed by atoms with E-state index in [0.29, 0.717) is 4.90 Å². The quantitative estimate of drug-likeness (QED) is 0.516. The second-order valence-corrected chi connectivity index (χ2v) is 5.84. The van der Waals surface area contributed by atoms with Crippen molar-refractivity contribution in [1.29, 1.82) is 0 Å². The Morgan fingerprint density at radius 2 is 1.86 bits per heavy atom. The fraction of sp³-hybridized carbons (Fsp3) is 0.133. The minimum atomic E-state index is -0.600. The first-order valence-corrected chi connectivity index (χ1v) is 7.32. The first kappa shape index (κ1) is 16.0. The van der Waals surface area contributed by atoms with Gasteiger partial charge in [-0.1, -0.05) is 24.3 Å². The maximum absolute atomic E-state index is 13.6. The lowest BCUT2D eigenvalue weighted by molar-refractivity contribution is -0.383. The number of hydrogen-bond acceptors (Lipinski definition) is 4. The second kappa shape index (κ2) is 7.04. The third kappa shape index (κ3) is 3.82. The zero-order valence-electron chi connectivity index (χ0n) is 11.7. The molecule has 1 amide bonds. The number of nitro groups is 1. The summed E-state index contributed by atoms with van der Waals surface area (Å²) in [6.07, 6.45) is 0. The van der Waals surface area contributed by atoms with Gasteiger partial charge in [-0.3, -0.25) is 14.9 Å². The molecule has 2 rings (SSSR count). The molecule has 0 aliphatic rings. The molecule has 2 aromatic carbocycles. The molecule has 114 valence electrons. The number of halogens is 1. The predicted molar refractivity (Wildman–Crippen MR) is 83.4 cm³/mol. The van der Waals surface area contributed by atoms with Crippen LogP contribution in [-0.2, 0) is 4.79 Å². The summed E-state index contributed by atoms with van der Waals surface area (Å²) < 4.78 is 13.6. The van der Waals surface area contributed by atoms with Gasteiger partial charge in [0.15, 0.2) is 0 Å². The van der Waals surface area contributed by atoms with Crippen LogP contribution in [0.1, 0.15) is 6.92 Å². The topological polar surface area (TPSA) is 72.2 Å². The molecule has 0 spiro atoms. The normalized spacial score (nSPS) is 11.7. The highest BCUT2D eigenvalue weighted by Crippen LogP contribution is 2.28. The Hall–Kier alpha value is -2.41. The van der Waals surface area contributed by atoms with Crippen LogP contribution in [0.25, 0.3) is 0 Å². The van der Waals surface area contributed by atoms with Crippen LogP contribution in [0.4, 0.5) is 15.8 Å². The van der Waals surface area contributed by atoms with Gasteiger partial charge in [0.1, 0.15) is 11.5 Å². The number of amides is 1. The summed E-state index contributed by atoms with van der Waals surface area (Å²) in [5.41, 5.74) is -0.0579. The summed E-state index contributed by atoms with van der Waals surface area (Å²) in [7, 11) is 0. The molecule has 0 saturated heterocycles. The van der Waals surface area contributed by atoms with Gasteiger partial charge in [0.05, 0.1) is 10.2 Å².